The molecule has 0 unspecified atom stereocenters. The van der Waals surface area contributed by atoms with E-state index in [4.69, 9.17) is 29.7 Å². The molecule has 0 aliphatic heterocycles. The molecule has 2 radical (unpaired) electrons. The Morgan fingerprint density at radius 1 is 0.917 bits per heavy atom. The molecule has 0 heterocycles. The minimum absolute atomic E-state index is 0. The fourth-order valence-electron chi connectivity index (χ4n) is 0. The van der Waals surface area contributed by atoms with E-state index in [0.29, 0.717) is 0 Å². The molecule has 0 spiro atoms. The molecule has 0 aliphatic carbocycles. The van der Waals surface area contributed by atoms with Crippen LogP contribution in [-0.2, 0) is 33.9 Å². The van der Waals surface area contributed by atoms with E-state index in [2.05, 4.69) is 0 Å². The Hall–Kier alpha value is -0.0445. The molecule has 0 aromatic heterocycles. The summed E-state index contributed by atoms with van der Waals surface area (Å²) >= 11 is 0. The fourth-order valence-corrected chi connectivity index (χ4v) is 0. The molecule has 0 aromatic rings. The molecule has 6 nitrogen and oxygen atoms in total. The number of aliphatic carboxylic acids is 3. The summed E-state index contributed by atoms with van der Waals surface area (Å²) in [6.07, 6.45) is 0. The summed E-state index contributed by atoms with van der Waals surface area (Å²) in [6.45, 7) is 1.08. The standard InChI is InChI=1S/C2H2O4.C2H4O2.Pb.Zn.2H/c3-1(4)2(5)6;1-2(3)4;;;;/h(H,3,4)(H,5,6);1H3,(H,3,4);;;;. The molecule has 66 valence electrons. The van der Waals surface area contributed by atoms with Crippen molar-refractivity contribution in [2.75, 3.05) is 0 Å². The maximum absolute atomic E-state index is 9.10. The first-order valence-electron chi connectivity index (χ1n) is 2.03. The van der Waals surface area contributed by atoms with Gasteiger partial charge in [-0.05, 0) is 0 Å². The zero-order valence-corrected chi connectivity index (χ0v) is 14.9. The molecule has 0 saturated heterocycles. The molecular weight excluding hydrogens is 417 g/mol. The van der Waals surface area contributed by atoms with Gasteiger partial charge in [0, 0.05) is 26.4 Å². The van der Waals surface area contributed by atoms with Crippen LogP contribution in [0, 0.1) is 0 Å². The molecular formula is C4H8O6PbZn. The third-order valence-corrected chi connectivity index (χ3v) is 0.183. The number of carboxylic acid groups (broad SMARTS) is 3. The molecule has 12 heavy (non-hydrogen) atoms. The predicted octanol–water partition coefficient (Wildman–Crippen LogP) is -1.67. The Bertz CT molecular complexity index is 142. The summed E-state index contributed by atoms with van der Waals surface area (Å²) in [6, 6.07) is 0. The zero-order chi connectivity index (χ0) is 8.73. The average molecular weight is 425 g/mol. The van der Waals surface area contributed by atoms with Gasteiger partial charge in [-0.2, -0.15) is 0 Å². The van der Waals surface area contributed by atoms with E-state index in [1.54, 1.807) is 0 Å². The number of rotatable bonds is 0. The van der Waals surface area contributed by atoms with Gasteiger partial charge >= 0.3 is 39.2 Å². The first-order valence-corrected chi connectivity index (χ1v) is 2.03. The van der Waals surface area contributed by atoms with Crippen LogP contribution in [0.5, 0.6) is 0 Å². The first-order chi connectivity index (χ1) is 4.37. The van der Waals surface area contributed by atoms with Crippen molar-refractivity contribution in [3.05, 3.63) is 0 Å². The van der Waals surface area contributed by atoms with Crippen LogP contribution >= 0.6 is 0 Å². The van der Waals surface area contributed by atoms with Crippen molar-refractivity contribution in [2.45, 2.75) is 6.92 Å². The summed E-state index contributed by atoms with van der Waals surface area (Å²) in [5.74, 6) is -4.48. The van der Waals surface area contributed by atoms with Gasteiger partial charge in [0.05, 0.1) is 0 Å². The van der Waals surface area contributed by atoms with Crippen LogP contribution in [0.25, 0.3) is 0 Å². The normalized spacial score (nSPS) is 5.75. The number of hydrogen-bond donors (Lipinski definition) is 3. The van der Waals surface area contributed by atoms with E-state index < -0.39 is 17.9 Å². The van der Waals surface area contributed by atoms with Crippen LogP contribution in [0.1, 0.15) is 6.92 Å². The van der Waals surface area contributed by atoms with E-state index >= 15 is 0 Å². The number of carbonyl (C=O) groups is 3. The Balaban J connectivity index is -0.0000000483. The van der Waals surface area contributed by atoms with Gasteiger partial charge in [-0.25, -0.2) is 9.59 Å². The van der Waals surface area contributed by atoms with Crippen LogP contribution in [-0.4, -0.2) is 60.5 Å². The molecule has 0 aliphatic rings. The van der Waals surface area contributed by atoms with E-state index in [1.165, 1.54) is 0 Å². The minimum Gasteiger partial charge on any atom is 0 e. The second-order valence-electron chi connectivity index (χ2n) is 1.13. The Kier molecular flexibility index (Phi) is 25.6. The first kappa shape index (κ1) is 22.7. The molecule has 0 atom stereocenters. The predicted molar refractivity (Wildman–Crippen MR) is 37.1 cm³/mol. The van der Waals surface area contributed by atoms with Crippen LogP contribution in [0.4, 0.5) is 0 Å². The largest absolute Gasteiger partial charge is 0 e. The monoisotopic (exact) mass is 424 g/mol. The van der Waals surface area contributed by atoms with E-state index in [1.807, 2.05) is 0 Å². The fraction of sp³-hybridized carbons (Fsp3) is 0.250. The van der Waals surface area contributed by atoms with Crippen molar-refractivity contribution in [1.82, 2.24) is 0 Å². The van der Waals surface area contributed by atoms with Crippen molar-refractivity contribution >= 4 is 45.2 Å². The second-order valence-corrected chi connectivity index (χ2v) is 1.13. The zero-order valence-electron chi connectivity index (χ0n) is 6.48. The smallest absolute Gasteiger partial charge is 0 e. The molecule has 0 fully saturated rings. The third kappa shape index (κ3) is 51.0. The molecule has 0 bridgehead atoms. The van der Waals surface area contributed by atoms with Gasteiger partial charge in [0.15, 0.2) is 0 Å². The summed E-state index contributed by atoms with van der Waals surface area (Å²) in [7, 11) is 0. The molecule has 0 saturated carbocycles. The van der Waals surface area contributed by atoms with Crippen LogP contribution in [0.2, 0.25) is 0 Å². The summed E-state index contributed by atoms with van der Waals surface area (Å²) < 4.78 is 0. The van der Waals surface area contributed by atoms with Crippen molar-refractivity contribution in [1.29, 1.82) is 0 Å². The van der Waals surface area contributed by atoms with Crippen molar-refractivity contribution in [3.63, 3.8) is 0 Å². The number of carboxylic acids is 3. The van der Waals surface area contributed by atoms with Crippen LogP contribution in [0.15, 0.2) is 0 Å². The Morgan fingerprint density at radius 2 is 1.00 bits per heavy atom. The van der Waals surface area contributed by atoms with Gasteiger partial charge in [-0.15, -0.1) is 0 Å². The van der Waals surface area contributed by atoms with Gasteiger partial charge in [0.2, 0.25) is 0 Å². The Morgan fingerprint density at radius 3 is 1.00 bits per heavy atom. The summed E-state index contributed by atoms with van der Waals surface area (Å²) in [5, 5.41) is 22.2. The Labute approximate surface area is 101 Å². The van der Waals surface area contributed by atoms with E-state index in [0.717, 1.165) is 6.92 Å². The van der Waals surface area contributed by atoms with E-state index in [-0.39, 0.29) is 46.8 Å². The third-order valence-electron chi connectivity index (χ3n) is 0.183. The van der Waals surface area contributed by atoms with Gasteiger partial charge in [0.1, 0.15) is 0 Å². The topological polar surface area (TPSA) is 112 Å². The van der Waals surface area contributed by atoms with Crippen molar-refractivity contribution in [2.24, 2.45) is 0 Å². The van der Waals surface area contributed by atoms with Crippen LogP contribution in [0.3, 0.4) is 0 Å². The van der Waals surface area contributed by atoms with E-state index in [9.17, 15) is 0 Å². The molecule has 3 N–H and O–H groups in total. The van der Waals surface area contributed by atoms with Gasteiger partial charge in [0.25, 0.3) is 5.97 Å². The maximum atomic E-state index is 9.10. The minimum atomic E-state index is -1.82. The van der Waals surface area contributed by atoms with Crippen LogP contribution < -0.4 is 0 Å². The summed E-state index contributed by atoms with van der Waals surface area (Å²) in [5.41, 5.74) is 0. The second kappa shape index (κ2) is 13.5. The van der Waals surface area contributed by atoms with Crippen molar-refractivity contribution in [3.8, 4) is 0 Å². The van der Waals surface area contributed by atoms with Gasteiger partial charge in [-0.1, -0.05) is 0 Å². The maximum Gasteiger partial charge on any atom is 0 e. The molecule has 0 amide bonds. The van der Waals surface area contributed by atoms with Gasteiger partial charge < -0.3 is 15.3 Å². The average Bonchev–Trinajstić information content (AvgIpc) is 1.63. The molecule has 0 aromatic carbocycles. The molecule has 8 heteroatoms. The number of hydrogen-bond acceptors (Lipinski definition) is 3. The summed E-state index contributed by atoms with van der Waals surface area (Å²) in [4.78, 5) is 27.2. The quantitative estimate of drug-likeness (QED) is 0.317. The molecule has 0 rings (SSSR count). The van der Waals surface area contributed by atoms with Gasteiger partial charge in [-0.3, -0.25) is 4.79 Å². The SMILES string of the molecule is CC(=O)O.O=C(O)C(=O)O.[PbH2].[Zn]. The van der Waals surface area contributed by atoms with Crippen molar-refractivity contribution < 1.29 is 49.2 Å².